The van der Waals surface area contributed by atoms with Gasteiger partial charge in [-0.15, -0.1) is 0 Å². The summed E-state index contributed by atoms with van der Waals surface area (Å²) in [4.78, 5) is 22.6. The molecule has 0 fully saturated rings. The van der Waals surface area contributed by atoms with E-state index < -0.39 is 6.09 Å². The number of nitrogens with one attached hydrogen (secondary N) is 2. The lowest BCUT2D eigenvalue weighted by Crippen LogP contribution is -2.19. The molecule has 1 heterocycles. The number of nitrogens with two attached hydrogens (primary N) is 1. The number of carbonyl (C=O) groups is 1. The maximum atomic E-state index is 10.4. The highest BCUT2D eigenvalue weighted by Gasteiger charge is 2.06. The van der Waals surface area contributed by atoms with Crippen LogP contribution in [0.5, 0.6) is 6.01 Å². The van der Waals surface area contributed by atoms with Crippen LogP contribution in [0, 0.1) is 0 Å². The predicted molar refractivity (Wildman–Crippen MR) is 69.2 cm³/mol. The molecular weight excluding hydrogens is 252 g/mol. The van der Waals surface area contributed by atoms with Crippen molar-refractivity contribution in [1.82, 2.24) is 15.0 Å². The first kappa shape index (κ1) is 14.7. The summed E-state index contributed by atoms with van der Waals surface area (Å²) in [6.07, 6.45) is 0.0378. The molecule has 9 heteroatoms. The highest BCUT2D eigenvalue weighted by atomic mass is 16.5. The van der Waals surface area contributed by atoms with Gasteiger partial charge in [0, 0.05) is 7.05 Å². The Hall–Kier alpha value is -2.32. The third-order valence-electron chi connectivity index (χ3n) is 1.90. The molecule has 1 aromatic rings. The van der Waals surface area contributed by atoms with Crippen LogP contribution in [-0.4, -0.2) is 47.9 Å². The van der Waals surface area contributed by atoms with Gasteiger partial charge in [-0.25, -0.2) is 4.79 Å². The second-order valence-corrected chi connectivity index (χ2v) is 3.46. The Bertz CT molecular complexity index is 414. The number of carbonyl (C=O) groups excluding carboxylic acids is 1. The maximum Gasteiger partial charge on any atom is 0.404 e. The molecule has 0 aliphatic carbocycles. The van der Waals surface area contributed by atoms with Gasteiger partial charge in [0.2, 0.25) is 11.9 Å². The van der Waals surface area contributed by atoms with Crippen LogP contribution in [0.3, 0.4) is 0 Å². The summed E-state index contributed by atoms with van der Waals surface area (Å²) in [6, 6.07) is 0.236. The van der Waals surface area contributed by atoms with Crippen LogP contribution >= 0.6 is 0 Å². The van der Waals surface area contributed by atoms with E-state index in [1.165, 1.54) is 0 Å². The normalized spacial score (nSPS) is 9.79. The van der Waals surface area contributed by atoms with E-state index in [1.54, 1.807) is 7.05 Å². The minimum Gasteiger partial charge on any atom is -0.463 e. The fraction of sp³-hybridized carbons (Fsp3) is 0.600. The second-order valence-electron chi connectivity index (χ2n) is 3.46. The molecule has 0 saturated carbocycles. The van der Waals surface area contributed by atoms with Crippen molar-refractivity contribution in [2.45, 2.75) is 13.3 Å². The Morgan fingerprint density at radius 3 is 2.63 bits per heavy atom. The van der Waals surface area contributed by atoms with Crippen LogP contribution in [-0.2, 0) is 4.74 Å². The molecule has 19 heavy (non-hydrogen) atoms. The van der Waals surface area contributed by atoms with Gasteiger partial charge in [0.05, 0.1) is 13.2 Å². The van der Waals surface area contributed by atoms with E-state index in [-0.39, 0.29) is 12.6 Å². The molecule has 0 aliphatic rings. The lowest BCUT2D eigenvalue weighted by atomic mass is 10.5. The van der Waals surface area contributed by atoms with Crippen LogP contribution in [0.15, 0.2) is 0 Å². The molecule has 0 atom stereocenters. The molecule has 106 valence electrons. The minimum absolute atomic E-state index is 0.126. The van der Waals surface area contributed by atoms with E-state index >= 15 is 0 Å². The van der Waals surface area contributed by atoms with Crippen LogP contribution in [0.1, 0.15) is 13.3 Å². The fourth-order valence-electron chi connectivity index (χ4n) is 1.12. The lowest BCUT2D eigenvalue weighted by molar-refractivity contribution is 0.161. The van der Waals surface area contributed by atoms with Gasteiger partial charge in [-0.3, -0.25) is 0 Å². The molecule has 0 spiro atoms. The summed E-state index contributed by atoms with van der Waals surface area (Å²) in [6.45, 7) is 2.97. The van der Waals surface area contributed by atoms with Gasteiger partial charge in [-0.2, -0.15) is 15.0 Å². The molecule has 0 aromatic carbocycles. The number of primary amides is 1. The molecular formula is C10H18N6O3. The quantitative estimate of drug-likeness (QED) is 0.572. The van der Waals surface area contributed by atoms with Crippen LogP contribution in [0.25, 0.3) is 0 Å². The van der Waals surface area contributed by atoms with E-state index in [0.29, 0.717) is 25.0 Å². The van der Waals surface area contributed by atoms with Crippen molar-refractivity contribution in [1.29, 1.82) is 0 Å². The smallest absolute Gasteiger partial charge is 0.404 e. The van der Waals surface area contributed by atoms with Crippen molar-refractivity contribution in [2.24, 2.45) is 5.73 Å². The Morgan fingerprint density at radius 2 is 2.00 bits per heavy atom. The van der Waals surface area contributed by atoms with Gasteiger partial charge in [0.1, 0.15) is 6.61 Å². The summed E-state index contributed by atoms with van der Waals surface area (Å²) < 4.78 is 9.91. The van der Waals surface area contributed by atoms with E-state index in [9.17, 15) is 4.79 Å². The number of aromatic nitrogens is 3. The van der Waals surface area contributed by atoms with E-state index in [2.05, 4.69) is 30.3 Å². The SMILES string of the molecule is CCCOc1nc(NC)nc(NCCOC(N)=O)n1. The van der Waals surface area contributed by atoms with E-state index in [4.69, 9.17) is 10.5 Å². The van der Waals surface area contributed by atoms with Crippen LogP contribution in [0.2, 0.25) is 0 Å². The molecule has 0 unspecified atom stereocenters. The third-order valence-corrected chi connectivity index (χ3v) is 1.90. The average molecular weight is 270 g/mol. The minimum atomic E-state index is -0.819. The van der Waals surface area contributed by atoms with E-state index in [0.717, 1.165) is 6.42 Å². The fourth-order valence-corrected chi connectivity index (χ4v) is 1.12. The summed E-state index contributed by atoms with van der Waals surface area (Å²) in [5.74, 6) is 0.720. The summed E-state index contributed by atoms with van der Waals surface area (Å²) >= 11 is 0. The zero-order chi connectivity index (χ0) is 14.1. The Balaban J connectivity index is 2.57. The van der Waals surface area contributed by atoms with Gasteiger partial charge in [0.15, 0.2) is 0 Å². The standard InChI is InChI=1S/C10H18N6O3/c1-3-5-19-10-15-8(12-2)14-9(16-10)13-4-6-18-7(11)17/h3-6H2,1-2H3,(H2,11,17)(H2,12,13,14,15,16). The first-order chi connectivity index (χ1) is 9.15. The number of ether oxygens (including phenoxy) is 2. The van der Waals surface area contributed by atoms with E-state index in [1.807, 2.05) is 6.92 Å². The topological polar surface area (TPSA) is 124 Å². The largest absolute Gasteiger partial charge is 0.463 e. The molecule has 1 amide bonds. The highest BCUT2D eigenvalue weighted by Crippen LogP contribution is 2.10. The molecule has 0 saturated heterocycles. The molecule has 1 rings (SSSR count). The molecule has 0 bridgehead atoms. The maximum absolute atomic E-state index is 10.4. The van der Waals surface area contributed by atoms with Crippen LogP contribution < -0.4 is 21.1 Å². The van der Waals surface area contributed by atoms with Crippen LogP contribution in [0.4, 0.5) is 16.7 Å². The van der Waals surface area contributed by atoms with Crippen molar-refractivity contribution in [3.8, 4) is 6.01 Å². The third kappa shape index (κ3) is 5.70. The van der Waals surface area contributed by atoms with Crippen molar-refractivity contribution in [3.05, 3.63) is 0 Å². The number of rotatable bonds is 8. The van der Waals surface area contributed by atoms with Gasteiger partial charge < -0.3 is 25.8 Å². The first-order valence-electron chi connectivity index (χ1n) is 5.88. The molecule has 0 aliphatic heterocycles. The van der Waals surface area contributed by atoms with Crippen molar-refractivity contribution in [2.75, 3.05) is 37.4 Å². The lowest BCUT2D eigenvalue weighted by Gasteiger charge is -2.08. The van der Waals surface area contributed by atoms with Gasteiger partial charge >= 0.3 is 12.1 Å². The summed E-state index contributed by atoms with van der Waals surface area (Å²) in [7, 11) is 1.69. The number of anilines is 2. The Kier molecular flexibility index (Phi) is 6.13. The zero-order valence-corrected chi connectivity index (χ0v) is 11.0. The van der Waals surface area contributed by atoms with Gasteiger partial charge in [0.25, 0.3) is 0 Å². The Labute approximate surface area is 110 Å². The number of hydrogen-bond donors (Lipinski definition) is 3. The molecule has 0 radical (unpaired) electrons. The second kappa shape index (κ2) is 7.90. The first-order valence-corrected chi connectivity index (χ1v) is 5.88. The highest BCUT2D eigenvalue weighted by molar-refractivity contribution is 5.64. The number of amides is 1. The number of nitrogens with zero attached hydrogens (tertiary/aromatic N) is 3. The zero-order valence-electron chi connectivity index (χ0n) is 11.0. The molecule has 4 N–H and O–H groups in total. The summed E-state index contributed by atoms with van der Waals surface area (Å²) in [5.41, 5.74) is 4.84. The molecule has 9 nitrogen and oxygen atoms in total. The van der Waals surface area contributed by atoms with Crippen molar-refractivity contribution < 1.29 is 14.3 Å². The monoisotopic (exact) mass is 270 g/mol. The van der Waals surface area contributed by atoms with Gasteiger partial charge in [-0.05, 0) is 6.42 Å². The predicted octanol–water partition coefficient (Wildman–Crippen LogP) is 0.209. The Morgan fingerprint density at radius 1 is 1.26 bits per heavy atom. The molecule has 1 aromatic heterocycles. The average Bonchev–Trinajstić information content (AvgIpc) is 2.41. The summed E-state index contributed by atoms with van der Waals surface area (Å²) in [5, 5.41) is 5.68. The number of hydrogen-bond acceptors (Lipinski definition) is 8. The van der Waals surface area contributed by atoms with Gasteiger partial charge in [-0.1, -0.05) is 6.92 Å². The van der Waals surface area contributed by atoms with Crippen molar-refractivity contribution >= 4 is 18.0 Å². The van der Waals surface area contributed by atoms with Crippen molar-refractivity contribution in [3.63, 3.8) is 0 Å².